The Morgan fingerprint density at radius 3 is 2.76 bits per heavy atom. The minimum absolute atomic E-state index is 0.137. The van der Waals surface area contributed by atoms with Gasteiger partial charge >= 0.3 is 0 Å². The predicted molar refractivity (Wildman–Crippen MR) is 98.9 cm³/mol. The summed E-state index contributed by atoms with van der Waals surface area (Å²) in [6, 6.07) is 12.7. The van der Waals surface area contributed by atoms with Crippen molar-refractivity contribution < 1.29 is 14.3 Å². The number of fused-ring (bicyclic) bond motifs is 1. The SMILES string of the molecule is CN(CC(=O)Nc1cccc(Cl)c1Cl)CC1COc2ccccc2O1. The van der Waals surface area contributed by atoms with Gasteiger partial charge in [-0.15, -0.1) is 0 Å². The number of carbonyl (C=O) groups is 1. The third-order valence-electron chi connectivity index (χ3n) is 3.72. The summed E-state index contributed by atoms with van der Waals surface area (Å²) in [6.45, 7) is 1.21. The van der Waals surface area contributed by atoms with Crippen LogP contribution in [0.1, 0.15) is 0 Å². The molecular weight excluding hydrogens is 363 g/mol. The van der Waals surface area contributed by atoms with Crippen LogP contribution in [0, 0.1) is 0 Å². The van der Waals surface area contributed by atoms with Crippen LogP contribution < -0.4 is 14.8 Å². The number of carbonyl (C=O) groups excluding carboxylic acids is 1. The van der Waals surface area contributed by atoms with Gasteiger partial charge in [-0.05, 0) is 31.3 Å². The molecule has 1 N–H and O–H groups in total. The first kappa shape index (κ1) is 17.9. The number of halogens is 2. The number of likely N-dealkylation sites (N-methyl/N-ethyl adjacent to an activating group) is 1. The lowest BCUT2D eigenvalue weighted by Crippen LogP contribution is -2.42. The van der Waals surface area contributed by atoms with Crippen LogP contribution in [-0.4, -0.2) is 43.7 Å². The zero-order valence-corrected chi connectivity index (χ0v) is 15.2. The van der Waals surface area contributed by atoms with Crippen LogP contribution in [0.25, 0.3) is 0 Å². The zero-order valence-electron chi connectivity index (χ0n) is 13.7. The lowest BCUT2D eigenvalue weighted by Gasteiger charge is -2.29. The highest BCUT2D eigenvalue weighted by Gasteiger charge is 2.22. The normalized spacial score (nSPS) is 15.9. The molecular formula is C18H18Cl2N2O3. The van der Waals surface area contributed by atoms with Crippen LogP contribution >= 0.6 is 23.2 Å². The molecule has 132 valence electrons. The van der Waals surface area contributed by atoms with Crippen molar-refractivity contribution in [3.8, 4) is 11.5 Å². The van der Waals surface area contributed by atoms with E-state index in [4.69, 9.17) is 32.7 Å². The van der Waals surface area contributed by atoms with Crippen LogP contribution in [0.2, 0.25) is 10.0 Å². The van der Waals surface area contributed by atoms with Gasteiger partial charge in [-0.2, -0.15) is 0 Å². The number of ether oxygens (including phenoxy) is 2. The minimum Gasteiger partial charge on any atom is -0.486 e. The highest BCUT2D eigenvalue weighted by atomic mass is 35.5. The summed E-state index contributed by atoms with van der Waals surface area (Å²) in [4.78, 5) is 14.1. The molecule has 0 aliphatic carbocycles. The smallest absolute Gasteiger partial charge is 0.238 e. The Morgan fingerprint density at radius 2 is 1.96 bits per heavy atom. The van der Waals surface area contributed by atoms with E-state index in [2.05, 4.69) is 5.32 Å². The fourth-order valence-corrected chi connectivity index (χ4v) is 2.95. The molecule has 25 heavy (non-hydrogen) atoms. The topological polar surface area (TPSA) is 50.8 Å². The quantitative estimate of drug-likeness (QED) is 0.858. The Morgan fingerprint density at radius 1 is 1.20 bits per heavy atom. The van der Waals surface area contributed by atoms with E-state index in [9.17, 15) is 4.79 Å². The highest BCUT2D eigenvalue weighted by Crippen LogP contribution is 2.31. The third kappa shape index (κ3) is 4.57. The molecule has 7 heteroatoms. The van der Waals surface area contributed by atoms with E-state index < -0.39 is 0 Å². The Balaban J connectivity index is 1.52. The van der Waals surface area contributed by atoms with Gasteiger partial charge in [0.2, 0.25) is 5.91 Å². The first-order valence-corrected chi connectivity index (χ1v) is 8.59. The first-order valence-electron chi connectivity index (χ1n) is 7.84. The highest BCUT2D eigenvalue weighted by molar-refractivity contribution is 6.43. The number of para-hydroxylation sites is 2. The summed E-state index contributed by atoms with van der Waals surface area (Å²) in [5, 5.41) is 3.50. The summed E-state index contributed by atoms with van der Waals surface area (Å²) in [5.74, 6) is 1.29. The van der Waals surface area contributed by atoms with E-state index in [1.807, 2.05) is 36.2 Å². The van der Waals surface area contributed by atoms with Gasteiger partial charge in [0.05, 0.1) is 22.3 Å². The number of nitrogens with one attached hydrogen (secondary N) is 1. The summed E-state index contributed by atoms with van der Waals surface area (Å²) in [6.07, 6.45) is -0.137. The maximum atomic E-state index is 12.2. The molecule has 1 unspecified atom stereocenters. The zero-order chi connectivity index (χ0) is 17.8. The van der Waals surface area contributed by atoms with E-state index in [1.54, 1.807) is 18.2 Å². The number of amides is 1. The van der Waals surface area contributed by atoms with Gasteiger partial charge in [0, 0.05) is 6.54 Å². The average molecular weight is 381 g/mol. The maximum absolute atomic E-state index is 12.2. The molecule has 2 aromatic rings. The molecule has 1 atom stereocenters. The van der Waals surface area contributed by atoms with Crippen molar-refractivity contribution >= 4 is 34.8 Å². The van der Waals surface area contributed by atoms with Crippen LogP contribution in [0.3, 0.4) is 0 Å². The van der Waals surface area contributed by atoms with Gasteiger partial charge < -0.3 is 14.8 Å². The predicted octanol–water partition coefficient (Wildman–Crippen LogP) is 3.70. The summed E-state index contributed by atoms with van der Waals surface area (Å²) < 4.78 is 11.6. The Labute approximate surface area is 156 Å². The van der Waals surface area contributed by atoms with Crippen molar-refractivity contribution in [2.45, 2.75) is 6.10 Å². The standard InChI is InChI=1S/C18H18Cl2N2O3/c1-22(9-12-11-24-15-7-2-3-8-16(15)25-12)10-17(23)21-14-6-4-5-13(19)18(14)20/h2-8,12H,9-11H2,1H3,(H,21,23). The second kappa shape index (κ2) is 7.95. The fourth-order valence-electron chi connectivity index (χ4n) is 2.60. The van der Waals surface area contributed by atoms with Gasteiger partial charge in [-0.3, -0.25) is 9.69 Å². The lowest BCUT2D eigenvalue weighted by molar-refractivity contribution is -0.117. The van der Waals surface area contributed by atoms with Crippen LogP contribution in [0.4, 0.5) is 5.69 Å². The van der Waals surface area contributed by atoms with Gasteiger partial charge in [-0.1, -0.05) is 41.4 Å². The van der Waals surface area contributed by atoms with Crippen LogP contribution in [-0.2, 0) is 4.79 Å². The van der Waals surface area contributed by atoms with Crippen molar-refractivity contribution in [3.05, 3.63) is 52.5 Å². The molecule has 1 aliphatic heterocycles. The van der Waals surface area contributed by atoms with E-state index in [0.29, 0.717) is 28.9 Å². The molecule has 0 saturated carbocycles. The van der Waals surface area contributed by atoms with Gasteiger partial charge in [0.15, 0.2) is 11.5 Å². The molecule has 0 saturated heterocycles. The fraction of sp³-hybridized carbons (Fsp3) is 0.278. The second-order valence-electron chi connectivity index (χ2n) is 5.84. The number of hydrogen-bond donors (Lipinski definition) is 1. The number of rotatable bonds is 5. The van der Waals surface area contributed by atoms with Crippen LogP contribution in [0.15, 0.2) is 42.5 Å². The van der Waals surface area contributed by atoms with Gasteiger partial charge in [0.25, 0.3) is 0 Å². The van der Waals surface area contributed by atoms with Crippen molar-refractivity contribution in [1.29, 1.82) is 0 Å². The van der Waals surface area contributed by atoms with E-state index >= 15 is 0 Å². The summed E-state index contributed by atoms with van der Waals surface area (Å²) >= 11 is 12.0. The van der Waals surface area contributed by atoms with E-state index in [1.165, 1.54) is 0 Å². The van der Waals surface area contributed by atoms with Crippen molar-refractivity contribution in [2.24, 2.45) is 0 Å². The number of nitrogens with zero attached hydrogens (tertiary/aromatic N) is 1. The molecule has 0 radical (unpaired) electrons. The minimum atomic E-state index is -0.177. The monoisotopic (exact) mass is 380 g/mol. The first-order chi connectivity index (χ1) is 12.0. The molecule has 3 rings (SSSR count). The summed E-state index contributed by atoms with van der Waals surface area (Å²) in [5.41, 5.74) is 0.499. The molecule has 0 fully saturated rings. The van der Waals surface area contributed by atoms with E-state index in [0.717, 1.165) is 11.5 Å². The maximum Gasteiger partial charge on any atom is 0.238 e. The second-order valence-corrected chi connectivity index (χ2v) is 6.63. The molecule has 0 spiro atoms. The number of anilines is 1. The Hall–Kier alpha value is -1.95. The molecule has 1 aliphatic rings. The third-order valence-corrected chi connectivity index (χ3v) is 4.54. The number of benzene rings is 2. The number of hydrogen-bond acceptors (Lipinski definition) is 4. The van der Waals surface area contributed by atoms with Crippen molar-refractivity contribution in [1.82, 2.24) is 4.90 Å². The molecule has 5 nitrogen and oxygen atoms in total. The molecule has 0 aromatic heterocycles. The molecule has 2 aromatic carbocycles. The molecule has 1 amide bonds. The van der Waals surface area contributed by atoms with Crippen LogP contribution in [0.5, 0.6) is 11.5 Å². The van der Waals surface area contributed by atoms with Gasteiger partial charge in [0.1, 0.15) is 12.7 Å². The largest absolute Gasteiger partial charge is 0.486 e. The van der Waals surface area contributed by atoms with Crippen molar-refractivity contribution in [3.63, 3.8) is 0 Å². The Kier molecular flexibility index (Phi) is 5.68. The van der Waals surface area contributed by atoms with Crippen molar-refractivity contribution in [2.75, 3.05) is 32.1 Å². The molecule has 0 bridgehead atoms. The average Bonchev–Trinajstić information content (AvgIpc) is 2.58. The lowest BCUT2D eigenvalue weighted by atomic mass is 10.2. The van der Waals surface area contributed by atoms with Gasteiger partial charge in [-0.25, -0.2) is 0 Å². The summed E-state index contributed by atoms with van der Waals surface area (Å²) in [7, 11) is 1.85. The Bertz CT molecular complexity index is 770. The van der Waals surface area contributed by atoms with E-state index in [-0.39, 0.29) is 18.6 Å². The molecule has 1 heterocycles.